The van der Waals surface area contributed by atoms with Crippen LogP contribution in [0.2, 0.25) is 0 Å². The van der Waals surface area contributed by atoms with Crippen molar-refractivity contribution in [2.45, 2.75) is 20.3 Å². The zero-order chi connectivity index (χ0) is 13.2. The smallest absolute Gasteiger partial charge is 0.298 e. The SMILES string of the molecule is CC(=O)CN1C(=O)CC(=O)N(CC(C)=O)C1=O. The number of nitrogens with zero attached hydrogens (tertiary/aromatic N) is 2. The Bertz CT molecular complexity index is 379. The van der Waals surface area contributed by atoms with E-state index >= 15 is 0 Å². The lowest BCUT2D eigenvalue weighted by Crippen LogP contribution is -2.57. The van der Waals surface area contributed by atoms with Gasteiger partial charge in [0, 0.05) is 0 Å². The summed E-state index contributed by atoms with van der Waals surface area (Å²) in [5.74, 6) is -2.17. The summed E-state index contributed by atoms with van der Waals surface area (Å²) >= 11 is 0. The molecule has 0 saturated carbocycles. The van der Waals surface area contributed by atoms with Crippen molar-refractivity contribution in [2.24, 2.45) is 0 Å². The summed E-state index contributed by atoms with van der Waals surface area (Å²) in [6.07, 6.45) is -0.494. The largest absolute Gasteiger partial charge is 0.334 e. The van der Waals surface area contributed by atoms with Crippen LogP contribution in [0.5, 0.6) is 0 Å². The predicted molar refractivity (Wildman–Crippen MR) is 54.8 cm³/mol. The van der Waals surface area contributed by atoms with Gasteiger partial charge in [-0.2, -0.15) is 0 Å². The molecule has 7 heteroatoms. The van der Waals surface area contributed by atoms with Crippen molar-refractivity contribution < 1.29 is 24.0 Å². The summed E-state index contributed by atoms with van der Waals surface area (Å²) in [5, 5.41) is 0. The van der Waals surface area contributed by atoms with Crippen LogP contribution in [0.25, 0.3) is 0 Å². The standard InChI is InChI=1S/C10H12N2O5/c1-6(13)4-11-8(15)3-9(16)12(10(11)17)5-7(2)14/h3-5H2,1-2H3. The van der Waals surface area contributed by atoms with E-state index in [0.717, 1.165) is 0 Å². The first-order chi connectivity index (χ1) is 7.82. The highest BCUT2D eigenvalue weighted by Crippen LogP contribution is 2.11. The van der Waals surface area contributed by atoms with Gasteiger partial charge in [-0.1, -0.05) is 0 Å². The zero-order valence-electron chi connectivity index (χ0n) is 9.56. The molecule has 17 heavy (non-hydrogen) atoms. The Balaban J connectivity index is 2.90. The number of carbonyl (C=O) groups is 5. The van der Waals surface area contributed by atoms with E-state index in [-0.39, 0.29) is 24.7 Å². The van der Waals surface area contributed by atoms with Gasteiger partial charge < -0.3 is 0 Å². The Morgan fingerprint density at radius 3 is 1.59 bits per heavy atom. The molecule has 0 bridgehead atoms. The highest BCUT2D eigenvalue weighted by Gasteiger charge is 2.38. The fraction of sp³-hybridized carbons (Fsp3) is 0.500. The molecular formula is C10H12N2O5. The van der Waals surface area contributed by atoms with Crippen molar-refractivity contribution in [3.8, 4) is 0 Å². The number of rotatable bonds is 4. The van der Waals surface area contributed by atoms with Crippen LogP contribution in [0.3, 0.4) is 0 Å². The minimum Gasteiger partial charge on any atom is -0.298 e. The Morgan fingerprint density at radius 2 is 1.29 bits per heavy atom. The van der Waals surface area contributed by atoms with Crippen molar-refractivity contribution in [2.75, 3.05) is 13.1 Å². The molecule has 0 aliphatic carbocycles. The molecule has 7 nitrogen and oxygen atoms in total. The average Bonchev–Trinajstić information content (AvgIpc) is 2.18. The molecule has 4 amide bonds. The van der Waals surface area contributed by atoms with Crippen LogP contribution in [-0.2, 0) is 19.2 Å². The minimum absolute atomic E-state index is 0.371. The second-order valence-corrected chi connectivity index (χ2v) is 3.82. The van der Waals surface area contributed by atoms with Gasteiger partial charge in [0.1, 0.15) is 18.0 Å². The molecule has 0 aromatic heterocycles. The third-order valence-corrected chi connectivity index (χ3v) is 2.13. The molecule has 1 aliphatic rings. The Morgan fingerprint density at radius 1 is 0.941 bits per heavy atom. The van der Waals surface area contributed by atoms with Gasteiger partial charge in [0.15, 0.2) is 0 Å². The molecule has 0 unspecified atom stereocenters. The number of urea groups is 1. The highest BCUT2D eigenvalue weighted by atomic mass is 16.2. The number of imide groups is 2. The van der Waals surface area contributed by atoms with Crippen LogP contribution in [0.15, 0.2) is 0 Å². The van der Waals surface area contributed by atoms with Crippen LogP contribution in [0.1, 0.15) is 20.3 Å². The van der Waals surface area contributed by atoms with E-state index in [4.69, 9.17) is 0 Å². The van der Waals surface area contributed by atoms with Crippen molar-refractivity contribution in [3.63, 3.8) is 0 Å². The molecule has 1 fully saturated rings. The van der Waals surface area contributed by atoms with Gasteiger partial charge in [0.2, 0.25) is 11.8 Å². The highest BCUT2D eigenvalue weighted by molar-refractivity contribution is 6.16. The maximum atomic E-state index is 11.7. The summed E-state index contributed by atoms with van der Waals surface area (Å²) in [7, 11) is 0. The molecular weight excluding hydrogens is 228 g/mol. The summed E-state index contributed by atoms with van der Waals surface area (Å²) in [4.78, 5) is 57.7. The summed E-state index contributed by atoms with van der Waals surface area (Å²) in [5.41, 5.74) is 0. The van der Waals surface area contributed by atoms with Crippen molar-refractivity contribution in [1.29, 1.82) is 0 Å². The minimum atomic E-state index is -0.906. The first-order valence-corrected chi connectivity index (χ1v) is 4.96. The molecule has 1 aliphatic heterocycles. The number of Topliss-reactive ketones (excluding diaryl/α,β-unsaturated/α-hetero) is 2. The molecule has 0 aromatic carbocycles. The van der Waals surface area contributed by atoms with Crippen LogP contribution >= 0.6 is 0 Å². The van der Waals surface area contributed by atoms with Crippen molar-refractivity contribution in [3.05, 3.63) is 0 Å². The van der Waals surface area contributed by atoms with E-state index in [0.29, 0.717) is 9.80 Å². The van der Waals surface area contributed by atoms with E-state index in [1.807, 2.05) is 0 Å². The van der Waals surface area contributed by atoms with Crippen LogP contribution in [0.4, 0.5) is 4.79 Å². The maximum absolute atomic E-state index is 11.7. The molecule has 1 heterocycles. The lowest BCUT2D eigenvalue weighted by Gasteiger charge is -2.31. The molecule has 0 N–H and O–H groups in total. The summed E-state index contributed by atoms with van der Waals surface area (Å²) in [6, 6.07) is -0.906. The number of amides is 4. The number of hydrogen-bond donors (Lipinski definition) is 0. The van der Waals surface area contributed by atoms with E-state index in [9.17, 15) is 24.0 Å². The van der Waals surface area contributed by atoms with Gasteiger partial charge >= 0.3 is 6.03 Å². The molecule has 0 spiro atoms. The number of hydrogen-bond acceptors (Lipinski definition) is 5. The second kappa shape index (κ2) is 4.86. The first kappa shape index (κ1) is 13.0. The average molecular weight is 240 g/mol. The van der Waals surface area contributed by atoms with Gasteiger partial charge in [-0.15, -0.1) is 0 Å². The topological polar surface area (TPSA) is 91.8 Å². The van der Waals surface area contributed by atoms with Gasteiger partial charge in [-0.05, 0) is 13.8 Å². The molecule has 1 saturated heterocycles. The van der Waals surface area contributed by atoms with Crippen LogP contribution in [-0.4, -0.2) is 52.3 Å². The number of ketones is 2. The number of barbiturate groups is 1. The predicted octanol–water partition coefficient (Wildman–Crippen LogP) is -0.655. The summed E-state index contributed by atoms with van der Waals surface area (Å²) in [6.45, 7) is 1.71. The van der Waals surface area contributed by atoms with E-state index in [1.165, 1.54) is 13.8 Å². The fourth-order valence-corrected chi connectivity index (χ4v) is 1.44. The maximum Gasteiger partial charge on any atom is 0.334 e. The van der Waals surface area contributed by atoms with E-state index in [1.54, 1.807) is 0 Å². The van der Waals surface area contributed by atoms with Crippen molar-refractivity contribution >= 4 is 29.4 Å². The fourth-order valence-electron chi connectivity index (χ4n) is 1.44. The lowest BCUT2D eigenvalue weighted by atomic mass is 10.2. The Kier molecular flexibility index (Phi) is 3.72. The lowest BCUT2D eigenvalue weighted by molar-refractivity contribution is -0.145. The third kappa shape index (κ3) is 2.96. The monoisotopic (exact) mass is 240 g/mol. The zero-order valence-corrected chi connectivity index (χ0v) is 9.56. The summed E-state index contributed by atoms with van der Waals surface area (Å²) < 4.78 is 0. The van der Waals surface area contributed by atoms with Gasteiger partial charge in [-0.3, -0.25) is 29.0 Å². The van der Waals surface area contributed by atoms with Gasteiger partial charge in [-0.25, -0.2) is 4.79 Å². The molecule has 92 valence electrons. The second-order valence-electron chi connectivity index (χ2n) is 3.82. The van der Waals surface area contributed by atoms with E-state index < -0.39 is 24.3 Å². The molecule has 0 radical (unpaired) electrons. The Labute approximate surface area is 97.3 Å². The first-order valence-electron chi connectivity index (χ1n) is 4.96. The normalized spacial score (nSPS) is 16.5. The quantitative estimate of drug-likeness (QED) is 0.608. The van der Waals surface area contributed by atoms with Crippen LogP contribution < -0.4 is 0 Å². The Hall–Kier alpha value is -2.05. The molecule has 1 rings (SSSR count). The van der Waals surface area contributed by atoms with E-state index in [2.05, 4.69) is 0 Å². The van der Waals surface area contributed by atoms with Gasteiger partial charge in [0.25, 0.3) is 0 Å². The van der Waals surface area contributed by atoms with Gasteiger partial charge in [0.05, 0.1) is 13.1 Å². The van der Waals surface area contributed by atoms with Crippen molar-refractivity contribution in [1.82, 2.24) is 9.80 Å². The third-order valence-electron chi connectivity index (χ3n) is 2.13. The molecule has 0 aromatic rings. The number of carbonyl (C=O) groups excluding carboxylic acids is 5. The van der Waals surface area contributed by atoms with Crippen LogP contribution in [0, 0.1) is 0 Å². The molecule has 0 atom stereocenters.